The smallest absolute Gasteiger partial charge is 0.270 e. The highest BCUT2D eigenvalue weighted by atomic mass is 32.2. The molecule has 8 heteroatoms. The van der Waals surface area contributed by atoms with Gasteiger partial charge in [-0.15, -0.1) is 0 Å². The molecule has 1 N–H and O–H groups in total. The number of amides is 1. The van der Waals surface area contributed by atoms with Crippen molar-refractivity contribution in [2.45, 2.75) is 27.3 Å². The van der Waals surface area contributed by atoms with Crippen LogP contribution >= 0.6 is 0 Å². The molecule has 0 saturated heterocycles. The zero-order chi connectivity index (χ0) is 22.1. The second-order valence-electron chi connectivity index (χ2n) is 7.02. The van der Waals surface area contributed by atoms with E-state index in [1.54, 1.807) is 26.0 Å². The summed E-state index contributed by atoms with van der Waals surface area (Å²) >= 11 is 0. The first kappa shape index (κ1) is 21.7. The maximum absolute atomic E-state index is 13.3. The van der Waals surface area contributed by atoms with Crippen molar-refractivity contribution in [1.29, 1.82) is 0 Å². The van der Waals surface area contributed by atoms with E-state index in [-0.39, 0.29) is 18.0 Å². The van der Waals surface area contributed by atoms with E-state index in [9.17, 15) is 13.2 Å². The zero-order valence-corrected chi connectivity index (χ0v) is 18.6. The summed E-state index contributed by atoms with van der Waals surface area (Å²) in [6.45, 7) is 5.74. The largest absolute Gasteiger partial charge is 0.493 e. The molecular weight excluding hydrogens is 404 g/mol. The van der Waals surface area contributed by atoms with Crippen LogP contribution in [-0.2, 0) is 21.4 Å². The Hall–Kier alpha value is -3.00. The van der Waals surface area contributed by atoms with Crippen molar-refractivity contribution < 1.29 is 22.7 Å². The lowest BCUT2D eigenvalue weighted by Crippen LogP contribution is -2.41. The Morgan fingerprint density at radius 2 is 1.63 bits per heavy atom. The van der Waals surface area contributed by atoms with E-state index < -0.39 is 15.9 Å². The highest BCUT2D eigenvalue weighted by Gasteiger charge is 2.39. The van der Waals surface area contributed by atoms with Gasteiger partial charge >= 0.3 is 0 Å². The van der Waals surface area contributed by atoms with Crippen LogP contribution in [0.3, 0.4) is 0 Å². The van der Waals surface area contributed by atoms with Crippen molar-refractivity contribution >= 4 is 27.2 Å². The van der Waals surface area contributed by atoms with Crippen LogP contribution in [0, 0.1) is 6.92 Å². The number of sulfonamides is 1. The van der Waals surface area contributed by atoms with E-state index in [2.05, 4.69) is 5.32 Å². The number of nitrogens with zero attached hydrogens (tertiary/aromatic N) is 1. The molecule has 0 unspecified atom stereocenters. The van der Waals surface area contributed by atoms with Gasteiger partial charge in [0.15, 0.2) is 16.4 Å². The summed E-state index contributed by atoms with van der Waals surface area (Å²) in [4.78, 5) is 12.7. The zero-order valence-electron chi connectivity index (χ0n) is 17.8. The average molecular weight is 431 g/mol. The number of aryl methyl sites for hydroxylation is 1. The van der Waals surface area contributed by atoms with E-state index in [1.807, 2.05) is 31.2 Å². The Bertz CT molecular complexity index is 1110. The van der Waals surface area contributed by atoms with Crippen LogP contribution in [0.4, 0.5) is 5.69 Å². The molecule has 0 atom stereocenters. The van der Waals surface area contributed by atoms with Gasteiger partial charge in [-0.1, -0.05) is 29.8 Å². The van der Waals surface area contributed by atoms with E-state index in [0.29, 0.717) is 28.3 Å². The van der Waals surface area contributed by atoms with E-state index in [0.717, 1.165) is 11.1 Å². The Labute approximate surface area is 177 Å². The van der Waals surface area contributed by atoms with Crippen molar-refractivity contribution in [1.82, 2.24) is 5.32 Å². The molecule has 2 aromatic rings. The highest BCUT2D eigenvalue weighted by Crippen LogP contribution is 2.44. The number of fused-ring (bicyclic) bond motifs is 1. The van der Waals surface area contributed by atoms with Crippen LogP contribution in [0.25, 0.3) is 5.57 Å². The number of carbonyl (C=O) groups is 1. The minimum absolute atomic E-state index is 0.173. The van der Waals surface area contributed by atoms with Gasteiger partial charge in [0.25, 0.3) is 15.9 Å². The topological polar surface area (TPSA) is 84.9 Å². The lowest BCUT2D eigenvalue weighted by molar-refractivity contribution is -0.117. The summed E-state index contributed by atoms with van der Waals surface area (Å²) in [5, 5.41) is 2.74. The van der Waals surface area contributed by atoms with Gasteiger partial charge < -0.3 is 14.8 Å². The van der Waals surface area contributed by atoms with E-state index in [1.165, 1.54) is 18.5 Å². The number of ether oxygens (including phenoxy) is 2. The maximum Gasteiger partial charge on any atom is 0.270 e. The molecule has 0 saturated carbocycles. The number of methoxy groups -OCH3 is 2. The third kappa shape index (κ3) is 3.75. The number of hydrogen-bond acceptors (Lipinski definition) is 5. The molecular formula is C22H26N2O5S. The number of benzene rings is 2. The van der Waals surface area contributed by atoms with Crippen molar-refractivity contribution in [3.63, 3.8) is 0 Å². The molecule has 1 heterocycles. The van der Waals surface area contributed by atoms with Gasteiger partial charge in [-0.3, -0.25) is 9.10 Å². The molecule has 160 valence electrons. The molecule has 7 nitrogen and oxygen atoms in total. The van der Waals surface area contributed by atoms with Crippen LogP contribution in [0.1, 0.15) is 30.5 Å². The number of carbonyl (C=O) groups excluding carboxylic acids is 1. The molecule has 0 aromatic heterocycles. The lowest BCUT2D eigenvalue weighted by atomic mass is 10.0. The van der Waals surface area contributed by atoms with Crippen LogP contribution in [0.15, 0.2) is 41.3 Å². The standard InChI is InChI=1S/C22H26N2O5S/c1-6-24-18-12-20(29-5)19(28-4)11-17(18)15(3)21(30(24,26)27)22(25)23-13-16-9-7-14(2)8-10-16/h7-12H,6,13H2,1-5H3,(H,23,25). The normalized spacial score (nSPS) is 14.9. The maximum atomic E-state index is 13.3. The van der Waals surface area contributed by atoms with E-state index >= 15 is 0 Å². The molecule has 0 fully saturated rings. The summed E-state index contributed by atoms with van der Waals surface area (Å²) in [7, 11) is -1.03. The van der Waals surface area contributed by atoms with Crippen molar-refractivity contribution in [2.24, 2.45) is 0 Å². The first-order valence-electron chi connectivity index (χ1n) is 9.58. The molecule has 1 aliphatic rings. The number of rotatable bonds is 6. The predicted octanol–water partition coefficient (Wildman–Crippen LogP) is 3.23. The molecule has 0 radical (unpaired) electrons. The summed E-state index contributed by atoms with van der Waals surface area (Å²) in [6.07, 6.45) is 0. The first-order chi connectivity index (χ1) is 14.2. The predicted molar refractivity (Wildman–Crippen MR) is 117 cm³/mol. The van der Waals surface area contributed by atoms with Gasteiger partial charge in [-0.2, -0.15) is 0 Å². The molecule has 30 heavy (non-hydrogen) atoms. The van der Waals surface area contributed by atoms with Gasteiger partial charge in [0.2, 0.25) is 0 Å². The van der Waals surface area contributed by atoms with Gasteiger partial charge in [0.05, 0.1) is 19.9 Å². The third-order valence-electron chi connectivity index (χ3n) is 5.13. The second kappa shape index (κ2) is 8.39. The third-order valence-corrected chi connectivity index (χ3v) is 7.17. The van der Waals surface area contributed by atoms with Crippen molar-refractivity contribution in [2.75, 3.05) is 25.1 Å². The highest BCUT2D eigenvalue weighted by molar-refractivity contribution is 7.97. The van der Waals surface area contributed by atoms with Gasteiger partial charge in [-0.05, 0) is 38.0 Å². The Morgan fingerprint density at radius 1 is 1.03 bits per heavy atom. The lowest BCUT2D eigenvalue weighted by Gasteiger charge is -2.32. The van der Waals surface area contributed by atoms with E-state index in [4.69, 9.17) is 9.47 Å². The average Bonchev–Trinajstić information content (AvgIpc) is 2.72. The van der Waals surface area contributed by atoms with Crippen LogP contribution in [-0.4, -0.2) is 35.1 Å². The van der Waals surface area contributed by atoms with Crippen LogP contribution < -0.4 is 19.1 Å². The quantitative estimate of drug-likeness (QED) is 0.761. The number of nitrogens with one attached hydrogen (secondary N) is 1. The molecule has 2 aromatic carbocycles. The second-order valence-corrected chi connectivity index (χ2v) is 8.82. The summed E-state index contributed by atoms with van der Waals surface area (Å²) in [6, 6.07) is 11.0. The molecule has 0 aliphatic carbocycles. The summed E-state index contributed by atoms with van der Waals surface area (Å²) in [5.74, 6) is 0.252. The minimum Gasteiger partial charge on any atom is -0.493 e. The van der Waals surface area contributed by atoms with Gasteiger partial charge in [0, 0.05) is 24.7 Å². The van der Waals surface area contributed by atoms with Crippen LogP contribution in [0.5, 0.6) is 11.5 Å². The van der Waals surface area contributed by atoms with Crippen molar-refractivity contribution in [3.05, 3.63) is 58.0 Å². The summed E-state index contributed by atoms with van der Waals surface area (Å²) < 4.78 is 38.5. The number of anilines is 1. The van der Waals surface area contributed by atoms with Gasteiger partial charge in [-0.25, -0.2) is 8.42 Å². The summed E-state index contributed by atoms with van der Waals surface area (Å²) in [5.41, 5.74) is 3.45. The molecule has 1 aliphatic heterocycles. The fraction of sp³-hybridized carbons (Fsp3) is 0.318. The SMILES string of the molecule is CCN1c2cc(OC)c(OC)cc2C(C)=C(C(=O)NCc2ccc(C)cc2)S1(=O)=O. The fourth-order valence-corrected chi connectivity index (χ4v) is 5.30. The molecule has 1 amide bonds. The van der Waals surface area contributed by atoms with Gasteiger partial charge in [0.1, 0.15) is 0 Å². The number of hydrogen-bond donors (Lipinski definition) is 1. The Kier molecular flexibility index (Phi) is 6.07. The van der Waals surface area contributed by atoms with Crippen LogP contribution in [0.2, 0.25) is 0 Å². The van der Waals surface area contributed by atoms with Crippen molar-refractivity contribution in [3.8, 4) is 11.5 Å². The Balaban J connectivity index is 2.06. The fourth-order valence-electron chi connectivity index (χ4n) is 3.53. The monoisotopic (exact) mass is 430 g/mol. The molecule has 0 bridgehead atoms. The molecule has 3 rings (SSSR count). The number of allylic oxidation sites excluding steroid dienone is 1. The minimum atomic E-state index is -4.03. The molecule has 0 spiro atoms. The first-order valence-corrected chi connectivity index (χ1v) is 11.0. The Morgan fingerprint density at radius 3 is 2.20 bits per heavy atom.